The summed E-state index contributed by atoms with van der Waals surface area (Å²) in [6.45, 7) is 1.27. The van der Waals surface area contributed by atoms with Gasteiger partial charge in [-0.1, -0.05) is 41.4 Å². The Bertz CT molecular complexity index is 1230. The molecule has 1 amide bonds. The molecule has 2 aromatic heterocycles. The third-order valence-corrected chi connectivity index (χ3v) is 5.84. The van der Waals surface area contributed by atoms with Crippen molar-refractivity contribution < 1.29 is 9.21 Å². The SMILES string of the molecule is O=C(c1cc(Cl)nc2ccccc12)N1CCC(c2nc3cc(Cl)ccc3o2)CC1. The van der Waals surface area contributed by atoms with E-state index in [4.69, 9.17) is 27.6 Å². The minimum Gasteiger partial charge on any atom is -0.440 e. The van der Waals surface area contributed by atoms with E-state index >= 15 is 0 Å². The van der Waals surface area contributed by atoms with Gasteiger partial charge < -0.3 is 9.32 Å². The van der Waals surface area contributed by atoms with Gasteiger partial charge in [-0.2, -0.15) is 0 Å². The van der Waals surface area contributed by atoms with Crippen molar-refractivity contribution in [1.29, 1.82) is 0 Å². The highest BCUT2D eigenvalue weighted by Gasteiger charge is 2.28. The second-order valence-electron chi connectivity index (χ2n) is 7.24. The zero-order valence-electron chi connectivity index (χ0n) is 15.4. The maximum atomic E-state index is 13.2. The molecule has 1 aliphatic rings. The topological polar surface area (TPSA) is 59.2 Å². The van der Waals surface area contributed by atoms with Crippen LogP contribution in [-0.4, -0.2) is 33.9 Å². The van der Waals surface area contributed by atoms with Crippen molar-refractivity contribution in [2.75, 3.05) is 13.1 Å². The van der Waals surface area contributed by atoms with E-state index in [1.807, 2.05) is 35.2 Å². The fourth-order valence-electron chi connectivity index (χ4n) is 3.91. The number of halogens is 2. The maximum Gasteiger partial charge on any atom is 0.254 e. The number of benzene rings is 2. The first-order valence-electron chi connectivity index (χ1n) is 9.49. The van der Waals surface area contributed by atoms with Crippen molar-refractivity contribution in [3.63, 3.8) is 0 Å². The minimum atomic E-state index is -0.0201. The lowest BCUT2D eigenvalue weighted by molar-refractivity contribution is 0.0708. The van der Waals surface area contributed by atoms with Crippen LogP contribution in [0, 0.1) is 0 Å². The minimum absolute atomic E-state index is 0.0201. The van der Waals surface area contributed by atoms with Gasteiger partial charge in [-0.3, -0.25) is 4.79 Å². The number of hydrogen-bond donors (Lipinski definition) is 0. The van der Waals surface area contributed by atoms with Crippen LogP contribution in [0.1, 0.15) is 35.0 Å². The van der Waals surface area contributed by atoms with E-state index in [1.165, 1.54) is 0 Å². The molecule has 1 aliphatic heterocycles. The van der Waals surface area contributed by atoms with E-state index in [1.54, 1.807) is 18.2 Å². The predicted molar refractivity (Wildman–Crippen MR) is 114 cm³/mol. The van der Waals surface area contributed by atoms with Crippen molar-refractivity contribution in [2.24, 2.45) is 0 Å². The lowest BCUT2D eigenvalue weighted by Gasteiger charge is -2.31. The third-order valence-electron chi connectivity index (χ3n) is 5.41. The summed E-state index contributed by atoms with van der Waals surface area (Å²) in [5.74, 6) is 0.878. The van der Waals surface area contributed by atoms with Gasteiger partial charge >= 0.3 is 0 Å². The smallest absolute Gasteiger partial charge is 0.254 e. The molecule has 7 heteroatoms. The summed E-state index contributed by atoms with van der Waals surface area (Å²) in [7, 11) is 0. The number of para-hydroxylation sites is 1. The van der Waals surface area contributed by atoms with Crippen LogP contribution in [0.3, 0.4) is 0 Å². The van der Waals surface area contributed by atoms with Gasteiger partial charge in [-0.05, 0) is 43.2 Å². The molecule has 0 spiro atoms. The lowest BCUT2D eigenvalue weighted by atomic mass is 9.96. The molecule has 5 nitrogen and oxygen atoms in total. The molecule has 0 atom stereocenters. The summed E-state index contributed by atoms with van der Waals surface area (Å²) in [5, 5.41) is 1.79. The number of hydrogen-bond acceptors (Lipinski definition) is 4. The first-order valence-corrected chi connectivity index (χ1v) is 10.2. The number of oxazole rings is 1. The Hall–Kier alpha value is -2.63. The van der Waals surface area contributed by atoms with Gasteiger partial charge in [-0.15, -0.1) is 0 Å². The number of rotatable bonds is 2. The molecule has 2 aromatic carbocycles. The second-order valence-corrected chi connectivity index (χ2v) is 8.06. The van der Waals surface area contributed by atoms with Gasteiger partial charge in [0.05, 0.1) is 11.1 Å². The van der Waals surface area contributed by atoms with E-state index in [0.717, 1.165) is 34.8 Å². The van der Waals surface area contributed by atoms with E-state index in [9.17, 15) is 4.79 Å². The monoisotopic (exact) mass is 425 g/mol. The van der Waals surface area contributed by atoms with Crippen molar-refractivity contribution in [3.8, 4) is 0 Å². The number of carbonyl (C=O) groups is 1. The molecular formula is C22H17Cl2N3O2. The molecule has 0 radical (unpaired) electrons. The van der Waals surface area contributed by atoms with Crippen LogP contribution >= 0.6 is 23.2 Å². The van der Waals surface area contributed by atoms with Crippen LogP contribution in [0.2, 0.25) is 10.2 Å². The van der Waals surface area contributed by atoms with Gasteiger partial charge in [0.15, 0.2) is 11.5 Å². The van der Waals surface area contributed by atoms with Crippen LogP contribution in [0.25, 0.3) is 22.0 Å². The Labute approximate surface area is 177 Å². The van der Waals surface area contributed by atoms with Gasteiger partial charge in [0.1, 0.15) is 10.7 Å². The van der Waals surface area contributed by atoms with E-state index in [2.05, 4.69) is 9.97 Å². The summed E-state index contributed by atoms with van der Waals surface area (Å²) in [6, 6.07) is 14.7. The first kappa shape index (κ1) is 18.4. The first-order chi connectivity index (χ1) is 14.1. The summed E-state index contributed by atoms with van der Waals surface area (Å²) < 4.78 is 5.92. The van der Waals surface area contributed by atoms with Gasteiger partial charge in [-0.25, -0.2) is 9.97 Å². The zero-order chi connectivity index (χ0) is 20.0. The maximum absolute atomic E-state index is 13.2. The van der Waals surface area contributed by atoms with E-state index in [0.29, 0.717) is 34.7 Å². The number of fused-ring (bicyclic) bond motifs is 2. The molecule has 4 aromatic rings. The summed E-state index contributed by atoms with van der Waals surface area (Å²) in [6.07, 6.45) is 1.59. The fourth-order valence-corrected chi connectivity index (χ4v) is 4.28. The molecule has 1 saturated heterocycles. The average Bonchev–Trinajstić information content (AvgIpc) is 3.16. The quantitative estimate of drug-likeness (QED) is 0.386. The van der Waals surface area contributed by atoms with Crippen molar-refractivity contribution >= 4 is 51.1 Å². The van der Waals surface area contributed by atoms with E-state index in [-0.39, 0.29) is 11.8 Å². The predicted octanol–water partition coefficient (Wildman–Crippen LogP) is 5.70. The molecule has 0 N–H and O–H groups in total. The molecule has 1 fully saturated rings. The average molecular weight is 426 g/mol. The summed E-state index contributed by atoms with van der Waals surface area (Å²) in [5.41, 5.74) is 2.82. The number of amides is 1. The van der Waals surface area contributed by atoms with Crippen LogP contribution in [0.15, 0.2) is 52.9 Å². The molecule has 3 heterocycles. The second kappa shape index (κ2) is 7.32. The van der Waals surface area contributed by atoms with Crippen molar-refractivity contribution in [3.05, 3.63) is 70.2 Å². The summed E-state index contributed by atoms with van der Waals surface area (Å²) >= 11 is 12.2. The number of nitrogens with zero attached hydrogens (tertiary/aromatic N) is 3. The highest BCUT2D eigenvalue weighted by atomic mass is 35.5. The van der Waals surface area contributed by atoms with Crippen LogP contribution in [0.5, 0.6) is 0 Å². The third kappa shape index (κ3) is 3.45. The number of aromatic nitrogens is 2. The molecule has 5 rings (SSSR count). The number of likely N-dealkylation sites (tertiary alicyclic amines) is 1. The van der Waals surface area contributed by atoms with Crippen molar-refractivity contribution in [1.82, 2.24) is 14.9 Å². The summed E-state index contributed by atoms with van der Waals surface area (Å²) in [4.78, 5) is 23.9. The Kier molecular flexibility index (Phi) is 4.64. The molecule has 0 saturated carbocycles. The van der Waals surface area contributed by atoms with Crippen molar-refractivity contribution in [2.45, 2.75) is 18.8 Å². The Morgan fingerprint density at radius 2 is 1.79 bits per heavy atom. The molecule has 0 aliphatic carbocycles. The molecular weight excluding hydrogens is 409 g/mol. The molecule has 0 unspecified atom stereocenters. The van der Waals surface area contributed by atoms with Gasteiger partial charge in [0.2, 0.25) is 0 Å². The molecule has 0 bridgehead atoms. The molecule has 146 valence electrons. The van der Waals surface area contributed by atoms with Gasteiger partial charge in [0.25, 0.3) is 5.91 Å². The molecule has 29 heavy (non-hydrogen) atoms. The fraction of sp³-hybridized carbons (Fsp3) is 0.227. The normalized spacial score (nSPS) is 15.3. The lowest BCUT2D eigenvalue weighted by Crippen LogP contribution is -2.38. The Morgan fingerprint density at radius 1 is 1.00 bits per heavy atom. The Balaban J connectivity index is 1.36. The largest absolute Gasteiger partial charge is 0.440 e. The van der Waals surface area contributed by atoms with Gasteiger partial charge in [0, 0.05) is 29.4 Å². The number of piperidine rings is 1. The van der Waals surface area contributed by atoms with Crippen LogP contribution < -0.4 is 0 Å². The highest BCUT2D eigenvalue weighted by Crippen LogP contribution is 2.32. The standard InChI is InChI=1S/C22H17Cl2N3O2/c23-14-5-6-19-18(11-14)26-21(29-19)13-7-9-27(10-8-13)22(28)16-12-20(24)25-17-4-2-1-3-15(16)17/h1-6,11-13H,7-10H2. The Morgan fingerprint density at radius 3 is 2.62 bits per heavy atom. The number of pyridine rings is 1. The van der Waals surface area contributed by atoms with Crippen LogP contribution in [-0.2, 0) is 0 Å². The number of carbonyl (C=O) groups excluding carboxylic acids is 1. The van der Waals surface area contributed by atoms with E-state index < -0.39 is 0 Å². The highest BCUT2D eigenvalue weighted by molar-refractivity contribution is 6.31. The van der Waals surface area contributed by atoms with Crippen LogP contribution in [0.4, 0.5) is 0 Å². The zero-order valence-corrected chi connectivity index (χ0v) is 17.0.